The zero-order valence-corrected chi connectivity index (χ0v) is 21.1. The van der Waals surface area contributed by atoms with Crippen LogP contribution in [-0.4, -0.2) is 48.4 Å². The summed E-state index contributed by atoms with van der Waals surface area (Å²) in [6, 6.07) is 3.08. The first-order valence-corrected chi connectivity index (χ1v) is 11.8. The molecule has 0 heterocycles. The van der Waals surface area contributed by atoms with Crippen molar-refractivity contribution in [3.63, 3.8) is 0 Å². The van der Waals surface area contributed by atoms with E-state index in [1.807, 2.05) is 13.8 Å². The number of carbonyl (C=O) groups excluding carboxylic acids is 3. The lowest BCUT2D eigenvalue weighted by atomic mass is 9.79. The van der Waals surface area contributed by atoms with Crippen molar-refractivity contribution < 1.29 is 43.2 Å². The number of benzene rings is 1. The maximum atomic E-state index is 12.3. The second-order valence-electron chi connectivity index (χ2n) is 8.39. The Balaban J connectivity index is 3.41. The van der Waals surface area contributed by atoms with Gasteiger partial charge in [-0.25, -0.2) is 4.79 Å². The predicted molar refractivity (Wildman–Crippen MR) is 127 cm³/mol. The number of hydrogen-bond donors (Lipinski definition) is 2. The fraction of sp³-hybridized carbons (Fsp3) is 0.600. The van der Waals surface area contributed by atoms with Crippen molar-refractivity contribution in [2.24, 2.45) is 11.7 Å². The molecule has 10 heteroatoms. The Bertz CT molecular complexity index is 870. The zero-order chi connectivity index (χ0) is 26.5. The summed E-state index contributed by atoms with van der Waals surface area (Å²) in [7, 11) is 1.17. The number of methoxy groups -OCH3 is 1. The Morgan fingerprint density at radius 1 is 0.943 bits per heavy atom. The van der Waals surface area contributed by atoms with E-state index in [1.54, 1.807) is 19.9 Å². The SMILES string of the molecule is CCCCC(=O)Oc1ccc(C(C(C)C(C)OC(=O)OC)[C@H](N)C(=O)O)cc1OC(=O)CCCC. The van der Waals surface area contributed by atoms with Crippen LogP contribution in [0.3, 0.4) is 0 Å². The van der Waals surface area contributed by atoms with Crippen molar-refractivity contribution in [1.29, 1.82) is 0 Å². The second kappa shape index (κ2) is 15.0. The van der Waals surface area contributed by atoms with Gasteiger partial charge in [0.05, 0.1) is 7.11 Å². The molecule has 0 aliphatic heterocycles. The highest BCUT2D eigenvalue weighted by molar-refractivity contribution is 5.77. The van der Waals surface area contributed by atoms with Crippen LogP contribution in [0.5, 0.6) is 11.5 Å². The third-order valence-electron chi connectivity index (χ3n) is 5.70. The molecule has 0 saturated carbocycles. The van der Waals surface area contributed by atoms with E-state index >= 15 is 0 Å². The first kappa shape index (κ1) is 29.9. The summed E-state index contributed by atoms with van der Waals surface area (Å²) in [4.78, 5) is 47.9. The van der Waals surface area contributed by atoms with Crippen molar-refractivity contribution in [2.75, 3.05) is 7.11 Å². The van der Waals surface area contributed by atoms with Crippen molar-refractivity contribution in [2.45, 2.75) is 84.3 Å². The van der Waals surface area contributed by atoms with Gasteiger partial charge in [0.15, 0.2) is 11.5 Å². The van der Waals surface area contributed by atoms with E-state index in [9.17, 15) is 24.3 Å². The smallest absolute Gasteiger partial charge is 0.480 e. The van der Waals surface area contributed by atoms with E-state index in [2.05, 4.69) is 4.74 Å². The summed E-state index contributed by atoms with van der Waals surface area (Å²) in [5.74, 6) is -3.61. The first-order chi connectivity index (χ1) is 16.5. The number of unbranched alkanes of at least 4 members (excludes halogenated alkanes) is 2. The van der Waals surface area contributed by atoms with Gasteiger partial charge < -0.3 is 29.8 Å². The third-order valence-corrected chi connectivity index (χ3v) is 5.70. The normalized spacial score (nSPS) is 14.2. The Kier molecular flexibility index (Phi) is 12.8. The van der Waals surface area contributed by atoms with Crippen LogP contribution < -0.4 is 15.2 Å². The van der Waals surface area contributed by atoms with Crippen molar-refractivity contribution in [3.8, 4) is 11.5 Å². The number of ether oxygens (including phenoxy) is 4. The monoisotopic (exact) mass is 495 g/mol. The molecule has 4 atom stereocenters. The van der Waals surface area contributed by atoms with Crippen LogP contribution in [-0.2, 0) is 23.9 Å². The molecule has 0 aliphatic carbocycles. The molecule has 1 rings (SSSR count). The molecule has 3 N–H and O–H groups in total. The molecule has 10 nitrogen and oxygen atoms in total. The minimum Gasteiger partial charge on any atom is -0.480 e. The van der Waals surface area contributed by atoms with Gasteiger partial charge in [0.2, 0.25) is 0 Å². The molecule has 0 spiro atoms. The van der Waals surface area contributed by atoms with Crippen molar-refractivity contribution in [3.05, 3.63) is 23.8 Å². The van der Waals surface area contributed by atoms with Crippen LogP contribution in [0.1, 0.15) is 77.7 Å². The molecule has 0 saturated heterocycles. The average Bonchev–Trinajstić information content (AvgIpc) is 2.82. The molecule has 35 heavy (non-hydrogen) atoms. The van der Waals surface area contributed by atoms with Crippen LogP contribution in [0, 0.1) is 5.92 Å². The number of rotatable bonds is 14. The zero-order valence-electron chi connectivity index (χ0n) is 21.1. The molecule has 0 fully saturated rings. The number of carbonyl (C=O) groups is 4. The van der Waals surface area contributed by atoms with E-state index < -0.39 is 48.0 Å². The Morgan fingerprint density at radius 3 is 1.97 bits per heavy atom. The van der Waals surface area contributed by atoms with Gasteiger partial charge in [0.1, 0.15) is 12.1 Å². The number of carboxylic acid groups (broad SMARTS) is 1. The van der Waals surface area contributed by atoms with Gasteiger partial charge in [0.25, 0.3) is 0 Å². The molecule has 196 valence electrons. The highest BCUT2D eigenvalue weighted by Crippen LogP contribution is 2.37. The Morgan fingerprint density at radius 2 is 1.49 bits per heavy atom. The number of esters is 2. The van der Waals surface area contributed by atoms with Gasteiger partial charge in [-0.3, -0.25) is 14.4 Å². The molecule has 0 bridgehead atoms. The van der Waals surface area contributed by atoms with Crippen molar-refractivity contribution >= 4 is 24.1 Å². The van der Waals surface area contributed by atoms with Gasteiger partial charge in [-0.2, -0.15) is 0 Å². The molecule has 1 aromatic carbocycles. The fourth-order valence-corrected chi connectivity index (χ4v) is 3.48. The van der Waals surface area contributed by atoms with E-state index in [0.29, 0.717) is 18.4 Å². The largest absolute Gasteiger partial charge is 0.508 e. The topological polar surface area (TPSA) is 151 Å². The lowest BCUT2D eigenvalue weighted by Crippen LogP contribution is -2.42. The maximum absolute atomic E-state index is 12.3. The van der Waals surface area contributed by atoms with Crippen LogP contribution >= 0.6 is 0 Å². The van der Waals surface area contributed by atoms with Crippen LogP contribution in [0.25, 0.3) is 0 Å². The first-order valence-electron chi connectivity index (χ1n) is 11.8. The summed E-state index contributed by atoms with van der Waals surface area (Å²) >= 11 is 0. The summed E-state index contributed by atoms with van der Waals surface area (Å²) in [6.07, 6.45) is 1.58. The Labute approximate surface area is 206 Å². The fourth-order valence-electron chi connectivity index (χ4n) is 3.48. The summed E-state index contributed by atoms with van der Waals surface area (Å²) in [5.41, 5.74) is 6.44. The molecule has 0 aliphatic rings. The number of carboxylic acids is 1. The number of nitrogens with two attached hydrogens (primary N) is 1. The van der Waals surface area contributed by atoms with Crippen molar-refractivity contribution in [1.82, 2.24) is 0 Å². The summed E-state index contributed by atoms with van der Waals surface area (Å²) in [5, 5.41) is 9.63. The average molecular weight is 496 g/mol. The molecule has 1 aromatic rings. The highest BCUT2D eigenvalue weighted by atomic mass is 16.7. The standard InChI is InChI=1S/C25H37NO9/c1-6-8-10-20(27)34-18-13-12-17(14-19(18)35-21(28)11-9-7-2)22(23(26)24(29)30)15(3)16(4)33-25(31)32-5/h12-16,22-23H,6-11,26H2,1-5H3,(H,29,30)/t15?,16?,22?,23-/m0/s1. The minimum atomic E-state index is -1.37. The molecular formula is C25H37NO9. The van der Waals surface area contributed by atoms with Gasteiger partial charge >= 0.3 is 24.1 Å². The van der Waals surface area contributed by atoms with E-state index in [4.69, 9.17) is 19.9 Å². The minimum absolute atomic E-state index is 0.00946. The maximum Gasteiger partial charge on any atom is 0.508 e. The number of hydrogen-bond acceptors (Lipinski definition) is 9. The van der Waals surface area contributed by atoms with Crippen LogP contribution in [0.4, 0.5) is 4.79 Å². The van der Waals surface area contributed by atoms with E-state index in [-0.39, 0.29) is 24.3 Å². The molecule has 3 unspecified atom stereocenters. The van der Waals surface area contributed by atoms with E-state index in [0.717, 1.165) is 12.8 Å². The summed E-state index contributed by atoms with van der Waals surface area (Å²) < 4.78 is 20.6. The predicted octanol–water partition coefficient (Wildman–Crippen LogP) is 4.18. The lowest BCUT2D eigenvalue weighted by molar-refractivity contribution is -0.140. The molecule has 0 radical (unpaired) electrons. The molecular weight excluding hydrogens is 458 g/mol. The van der Waals surface area contributed by atoms with Gasteiger partial charge in [-0.05, 0) is 37.5 Å². The van der Waals surface area contributed by atoms with Crippen LogP contribution in [0.2, 0.25) is 0 Å². The van der Waals surface area contributed by atoms with Crippen LogP contribution in [0.15, 0.2) is 18.2 Å². The quantitative estimate of drug-likeness (QED) is 0.284. The summed E-state index contributed by atoms with van der Waals surface area (Å²) in [6.45, 7) is 7.16. The third kappa shape index (κ3) is 9.56. The second-order valence-corrected chi connectivity index (χ2v) is 8.39. The van der Waals surface area contributed by atoms with Gasteiger partial charge in [0, 0.05) is 24.7 Å². The highest BCUT2D eigenvalue weighted by Gasteiger charge is 2.36. The Hall–Kier alpha value is -3.14. The number of aliphatic carboxylic acids is 1. The van der Waals surface area contributed by atoms with Gasteiger partial charge in [-0.1, -0.05) is 39.7 Å². The van der Waals surface area contributed by atoms with E-state index in [1.165, 1.54) is 19.2 Å². The molecule has 0 aromatic heterocycles. The molecule has 0 amide bonds. The van der Waals surface area contributed by atoms with Gasteiger partial charge in [-0.15, -0.1) is 0 Å². The lowest BCUT2D eigenvalue weighted by Gasteiger charge is -2.31.